The molecule has 1 N–H and O–H groups in total. The Morgan fingerprint density at radius 3 is 2.64 bits per heavy atom. The smallest absolute Gasteiger partial charge is 0.410 e. The summed E-state index contributed by atoms with van der Waals surface area (Å²) in [6.07, 6.45) is -2.86. The third-order valence-electron chi connectivity index (χ3n) is 4.11. The average Bonchev–Trinajstić information content (AvgIpc) is 2.61. The summed E-state index contributed by atoms with van der Waals surface area (Å²) < 4.78 is 18.4. The molecule has 2 atom stereocenters. The maximum absolute atomic E-state index is 13.1. The van der Waals surface area contributed by atoms with E-state index in [0.29, 0.717) is 0 Å². The number of carbonyl (C=O) groups is 3. The van der Waals surface area contributed by atoms with Gasteiger partial charge in [-0.05, 0) is 12.5 Å². The number of aliphatic carboxylic acids is 1. The molecule has 0 unspecified atom stereocenters. The molecule has 0 aliphatic carbocycles. The van der Waals surface area contributed by atoms with E-state index in [1.165, 1.54) is 9.80 Å². The number of carboxylic acid groups (broad SMARTS) is 1. The summed E-state index contributed by atoms with van der Waals surface area (Å²) in [7, 11) is 0. The van der Waals surface area contributed by atoms with Crippen LogP contribution < -0.4 is 0 Å². The van der Waals surface area contributed by atoms with Crippen LogP contribution in [-0.4, -0.2) is 64.7 Å². The Morgan fingerprint density at radius 1 is 1.32 bits per heavy atom. The van der Waals surface area contributed by atoms with Crippen molar-refractivity contribution in [1.82, 2.24) is 9.80 Å². The zero-order valence-electron chi connectivity index (χ0n) is 13.9. The third-order valence-corrected chi connectivity index (χ3v) is 4.11. The van der Waals surface area contributed by atoms with Gasteiger partial charge in [0.05, 0.1) is 0 Å². The number of rotatable bonds is 6. The summed E-state index contributed by atoms with van der Waals surface area (Å²) in [6.45, 7) is 2.16. The molecule has 7 nitrogen and oxygen atoms in total. The molecule has 1 heterocycles. The van der Waals surface area contributed by atoms with Crippen molar-refractivity contribution in [2.24, 2.45) is 0 Å². The van der Waals surface area contributed by atoms with E-state index in [2.05, 4.69) is 0 Å². The number of halogens is 1. The average molecular weight is 352 g/mol. The summed E-state index contributed by atoms with van der Waals surface area (Å²) in [5.41, 5.74) is 0.844. The molecule has 0 spiro atoms. The molecule has 8 heteroatoms. The van der Waals surface area contributed by atoms with Crippen LogP contribution in [0.3, 0.4) is 0 Å². The molecule has 1 aromatic rings. The van der Waals surface area contributed by atoms with E-state index in [1.807, 2.05) is 30.3 Å². The van der Waals surface area contributed by atoms with Gasteiger partial charge in [0.2, 0.25) is 5.91 Å². The summed E-state index contributed by atoms with van der Waals surface area (Å²) in [6, 6.07) is 8.45. The number of ether oxygens (including phenoxy) is 1. The minimum Gasteiger partial charge on any atom is -0.479 e. The minimum absolute atomic E-state index is 0.00351. The highest BCUT2D eigenvalue weighted by molar-refractivity contribution is 5.86. The summed E-state index contributed by atoms with van der Waals surface area (Å²) in [4.78, 5) is 37.7. The number of alkyl halides is 1. The van der Waals surface area contributed by atoms with Gasteiger partial charge in [0, 0.05) is 26.1 Å². The van der Waals surface area contributed by atoms with E-state index >= 15 is 0 Å². The summed E-state index contributed by atoms with van der Waals surface area (Å²) in [5.74, 6) is -1.89. The molecule has 0 saturated carbocycles. The van der Waals surface area contributed by atoms with Crippen molar-refractivity contribution >= 4 is 18.0 Å². The predicted octanol–water partition coefficient (Wildman–Crippen LogP) is 1.67. The summed E-state index contributed by atoms with van der Waals surface area (Å²) >= 11 is 0. The Kier molecular flexibility index (Phi) is 6.32. The lowest BCUT2D eigenvalue weighted by Gasteiger charge is -2.38. The molecule has 2 amide bonds. The third kappa shape index (κ3) is 4.91. The van der Waals surface area contributed by atoms with Gasteiger partial charge >= 0.3 is 12.1 Å². The molecule has 136 valence electrons. The van der Waals surface area contributed by atoms with Crippen molar-refractivity contribution in [1.29, 1.82) is 0 Å². The Morgan fingerprint density at radius 2 is 2.00 bits per heavy atom. The first-order chi connectivity index (χ1) is 11.9. The molecular formula is C17H21FN2O5. The largest absolute Gasteiger partial charge is 0.479 e. The van der Waals surface area contributed by atoms with Crippen LogP contribution in [0.5, 0.6) is 0 Å². The SMILES string of the molecule is C[C@H]1C(=O)N(CC[C@H](F)C(=O)O)CCN1C(=O)OCc1ccccc1. The van der Waals surface area contributed by atoms with Gasteiger partial charge in [0.15, 0.2) is 6.17 Å². The maximum atomic E-state index is 13.1. The van der Waals surface area contributed by atoms with Gasteiger partial charge in [-0.1, -0.05) is 30.3 Å². The van der Waals surface area contributed by atoms with E-state index in [4.69, 9.17) is 9.84 Å². The van der Waals surface area contributed by atoms with Crippen LogP contribution in [-0.2, 0) is 20.9 Å². The number of benzene rings is 1. The maximum Gasteiger partial charge on any atom is 0.410 e. The quantitative estimate of drug-likeness (QED) is 0.841. The van der Waals surface area contributed by atoms with E-state index in [1.54, 1.807) is 6.92 Å². The number of carbonyl (C=O) groups excluding carboxylic acids is 2. The van der Waals surface area contributed by atoms with Gasteiger partial charge in [-0.3, -0.25) is 9.69 Å². The standard InChI is InChI=1S/C17H21FN2O5/c1-12-15(21)19(8-7-14(18)16(22)23)9-10-20(12)17(24)25-11-13-5-3-2-4-6-13/h2-6,12,14H,7-11H2,1H3,(H,22,23)/t12-,14-/m0/s1. The summed E-state index contributed by atoms with van der Waals surface area (Å²) in [5, 5.41) is 8.55. The Labute approximate surface area is 145 Å². The molecule has 25 heavy (non-hydrogen) atoms. The second-order valence-electron chi connectivity index (χ2n) is 5.83. The Bertz CT molecular complexity index is 625. The minimum atomic E-state index is -2.00. The fourth-order valence-electron chi connectivity index (χ4n) is 2.60. The fourth-order valence-corrected chi connectivity index (χ4v) is 2.60. The second kappa shape index (κ2) is 8.46. The first-order valence-corrected chi connectivity index (χ1v) is 8.03. The molecule has 1 saturated heterocycles. The van der Waals surface area contributed by atoms with Gasteiger partial charge in [-0.2, -0.15) is 0 Å². The molecular weight excluding hydrogens is 331 g/mol. The van der Waals surface area contributed by atoms with Crippen LogP contribution in [0.25, 0.3) is 0 Å². The number of hydrogen-bond donors (Lipinski definition) is 1. The van der Waals surface area contributed by atoms with E-state index in [0.717, 1.165) is 5.56 Å². The van der Waals surface area contributed by atoms with Crippen LogP contribution in [0.2, 0.25) is 0 Å². The van der Waals surface area contributed by atoms with Gasteiger partial charge < -0.3 is 14.7 Å². The van der Waals surface area contributed by atoms with Crippen molar-refractivity contribution in [2.45, 2.75) is 32.2 Å². The molecule has 1 aliphatic rings. The number of amides is 2. The van der Waals surface area contributed by atoms with Gasteiger partial charge in [-0.15, -0.1) is 0 Å². The highest BCUT2D eigenvalue weighted by atomic mass is 19.1. The van der Waals surface area contributed by atoms with Gasteiger partial charge in [0.1, 0.15) is 12.6 Å². The van der Waals surface area contributed by atoms with Crippen LogP contribution in [0, 0.1) is 0 Å². The van der Waals surface area contributed by atoms with Crippen molar-refractivity contribution in [3.05, 3.63) is 35.9 Å². The molecule has 0 aromatic heterocycles. The number of piperazine rings is 1. The van der Waals surface area contributed by atoms with Crippen molar-refractivity contribution in [3.8, 4) is 0 Å². The normalized spacial score (nSPS) is 18.8. The predicted molar refractivity (Wildman–Crippen MR) is 86.5 cm³/mol. The number of hydrogen-bond acceptors (Lipinski definition) is 4. The lowest BCUT2D eigenvalue weighted by Crippen LogP contribution is -2.57. The van der Waals surface area contributed by atoms with Crippen LogP contribution >= 0.6 is 0 Å². The zero-order chi connectivity index (χ0) is 18.4. The van der Waals surface area contributed by atoms with Gasteiger partial charge in [0.25, 0.3) is 0 Å². The Balaban J connectivity index is 1.85. The number of carboxylic acids is 1. The number of nitrogens with zero attached hydrogens (tertiary/aromatic N) is 2. The first kappa shape index (κ1) is 18.7. The molecule has 1 fully saturated rings. The van der Waals surface area contributed by atoms with Gasteiger partial charge in [-0.25, -0.2) is 14.0 Å². The van der Waals surface area contributed by atoms with Crippen molar-refractivity contribution in [3.63, 3.8) is 0 Å². The van der Waals surface area contributed by atoms with Crippen LogP contribution in [0.15, 0.2) is 30.3 Å². The highest BCUT2D eigenvalue weighted by Gasteiger charge is 2.35. The monoisotopic (exact) mass is 352 g/mol. The highest BCUT2D eigenvalue weighted by Crippen LogP contribution is 2.15. The molecule has 0 radical (unpaired) electrons. The molecule has 0 bridgehead atoms. The lowest BCUT2D eigenvalue weighted by molar-refractivity contribution is -0.145. The first-order valence-electron chi connectivity index (χ1n) is 8.03. The van der Waals surface area contributed by atoms with E-state index in [9.17, 15) is 18.8 Å². The second-order valence-corrected chi connectivity index (χ2v) is 5.83. The van der Waals surface area contributed by atoms with Crippen LogP contribution in [0.4, 0.5) is 9.18 Å². The van der Waals surface area contributed by atoms with Crippen molar-refractivity contribution in [2.75, 3.05) is 19.6 Å². The fraction of sp³-hybridized carbons (Fsp3) is 0.471. The zero-order valence-corrected chi connectivity index (χ0v) is 13.9. The molecule has 2 rings (SSSR count). The topological polar surface area (TPSA) is 87.2 Å². The Hall–Kier alpha value is -2.64. The molecule has 1 aliphatic heterocycles. The van der Waals surface area contributed by atoms with Crippen molar-refractivity contribution < 1.29 is 28.6 Å². The lowest BCUT2D eigenvalue weighted by atomic mass is 10.1. The molecule has 1 aromatic carbocycles. The van der Waals surface area contributed by atoms with Crippen LogP contribution in [0.1, 0.15) is 18.9 Å². The van der Waals surface area contributed by atoms with E-state index in [-0.39, 0.29) is 38.6 Å². The van der Waals surface area contributed by atoms with E-state index < -0.39 is 24.3 Å².